The number of anilines is 5. The Morgan fingerprint density at radius 1 is 1.06 bits per heavy atom. The van der Waals surface area contributed by atoms with Crippen molar-refractivity contribution in [3.05, 3.63) is 59.9 Å². The lowest BCUT2D eigenvalue weighted by molar-refractivity contribution is -0.0252. The van der Waals surface area contributed by atoms with Crippen molar-refractivity contribution >= 4 is 29.0 Å². The minimum Gasteiger partial charge on any atom is -0.383 e. The summed E-state index contributed by atoms with van der Waals surface area (Å²) in [5.41, 5.74) is 3.53. The molecule has 1 aromatic carbocycles. The minimum absolute atomic E-state index is 0.0695. The van der Waals surface area contributed by atoms with Crippen LogP contribution in [-0.4, -0.2) is 105 Å². The monoisotopic (exact) mass is 676 g/mol. The van der Waals surface area contributed by atoms with E-state index in [0.29, 0.717) is 32.3 Å². The van der Waals surface area contributed by atoms with E-state index in [1.54, 1.807) is 7.11 Å². The highest BCUT2D eigenvalue weighted by Crippen LogP contribution is 2.44. The van der Waals surface area contributed by atoms with Gasteiger partial charge in [0.15, 0.2) is 0 Å². The van der Waals surface area contributed by atoms with Crippen molar-refractivity contribution in [2.75, 3.05) is 95.0 Å². The maximum atomic E-state index is 6.31. The van der Waals surface area contributed by atoms with E-state index in [1.165, 1.54) is 19.5 Å². The Hall–Kier alpha value is -3.35. The fraction of sp³-hybridized carbons (Fsp3) is 0.605. The van der Waals surface area contributed by atoms with Gasteiger partial charge in [-0.05, 0) is 90.7 Å². The minimum atomic E-state index is -0.307. The molecular weight excluding hydrogens is 616 g/mol. The summed E-state index contributed by atoms with van der Waals surface area (Å²) in [6, 6.07) is 14.6. The summed E-state index contributed by atoms with van der Waals surface area (Å²) in [7, 11) is 3.87. The molecule has 2 N–H and O–H groups in total. The lowest BCUT2D eigenvalue weighted by Crippen LogP contribution is -2.37. The van der Waals surface area contributed by atoms with Crippen LogP contribution in [0.2, 0.25) is 0 Å². The number of benzene rings is 1. The van der Waals surface area contributed by atoms with Crippen LogP contribution in [0, 0.1) is 0 Å². The molecular formula is C38H60N8O3. The van der Waals surface area contributed by atoms with Crippen LogP contribution >= 0.6 is 0 Å². The average molecular weight is 677 g/mol. The van der Waals surface area contributed by atoms with E-state index < -0.39 is 0 Å². The number of hydrogen-bond donors (Lipinski definition) is 2. The Labute approximate surface area is 294 Å². The summed E-state index contributed by atoms with van der Waals surface area (Å²) in [6.45, 7) is 23.2. The van der Waals surface area contributed by atoms with Crippen LogP contribution in [0.1, 0.15) is 72.2 Å². The number of pyridine rings is 1. The molecule has 2 unspecified atom stereocenters. The molecule has 2 aromatic heterocycles. The highest BCUT2D eigenvalue weighted by Gasteiger charge is 2.43. The molecule has 270 valence electrons. The molecule has 11 heteroatoms. The maximum Gasteiger partial charge on any atom is 0.229 e. The van der Waals surface area contributed by atoms with Crippen LogP contribution in [0.4, 0.5) is 29.0 Å². The fourth-order valence-corrected chi connectivity index (χ4v) is 5.90. The van der Waals surface area contributed by atoms with Gasteiger partial charge in [0.25, 0.3) is 0 Å². The fourth-order valence-electron chi connectivity index (χ4n) is 5.90. The summed E-state index contributed by atoms with van der Waals surface area (Å²) >= 11 is 0. The van der Waals surface area contributed by atoms with Gasteiger partial charge in [-0.2, -0.15) is 4.98 Å². The zero-order valence-electron chi connectivity index (χ0n) is 31.4. The molecule has 0 saturated carbocycles. The Bertz CT molecular complexity index is 1430. The van der Waals surface area contributed by atoms with Crippen LogP contribution < -0.4 is 20.4 Å². The molecule has 3 aromatic rings. The first kappa shape index (κ1) is 38.5. The van der Waals surface area contributed by atoms with Gasteiger partial charge in [0, 0.05) is 61.8 Å². The smallest absolute Gasteiger partial charge is 0.229 e. The average Bonchev–Trinajstić information content (AvgIpc) is 3.40. The Kier molecular flexibility index (Phi) is 14.2. The molecule has 2 aliphatic rings. The second kappa shape index (κ2) is 18.1. The van der Waals surface area contributed by atoms with E-state index in [0.717, 1.165) is 60.5 Å². The zero-order valence-corrected chi connectivity index (χ0v) is 31.4. The number of hydrogen-bond acceptors (Lipinski definition) is 11. The van der Waals surface area contributed by atoms with Crippen LogP contribution in [-0.2, 0) is 19.6 Å². The summed E-state index contributed by atoms with van der Waals surface area (Å²) < 4.78 is 17.3. The van der Waals surface area contributed by atoms with Crippen LogP contribution in [0.25, 0.3) is 0 Å². The molecule has 0 amide bonds. The third kappa shape index (κ3) is 10.8. The van der Waals surface area contributed by atoms with Gasteiger partial charge in [0.05, 0.1) is 43.8 Å². The topological polar surface area (TPSA) is 100 Å². The summed E-state index contributed by atoms with van der Waals surface area (Å²) in [4.78, 5) is 21.6. The van der Waals surface area contributed by atoms with E-state index in [2.05, 4.69) is 117 Å². The van der Waals surface area contributed by atoms with Crippen molar-refractivity contribution < 1.29 is 14.2 Å². The van der Waals surface area contributed by atoms with Gasteiger partial charge in [-0.15, -0.1) is 0 Å². The van der Waals surface area contributed by atoms with Crippen molar-refractivity contribution in [1.29, 1.82) is 0 Å². The quantitative estimate of drug-likeness (QED) is 0.201. The molecule has 0 aliphatic carbocycles. The maximum absolute atomic E-state index is 6.31. The normalized spacial score (nSPS) is 19.0. The van der Waals surface area contributed by atoms with Crippen molar-refractivity contribution in [3.63, 3.8) is 0 Å². The lowest BCUT2D eigenvalue weighted by atomic mass is 9.87. The molecule has 0 spiro atoms. The summed E-state index contributed by atoms with van der Waals surface area (Å²) in [6.07, 6.45) is 3.21. The molecule has 1 saturated heterocycles. The molecule has 5 rings (SSSR count). The SMILES string of the molecule is CCCN(C)CC.CCN(CCOC)c1ccc(Nc2ncc3c(n2)N(c2cccc(C4COCCN4)n2)CC3(C)COC(C)(C)C)cc1. The Morgan fingerprint density at radius 2 is 1.84 bits per heavy atom. The molecule has 0 bridgehead atoms. The molecule has 2 atom stereocenters. The molecule has 49 heavy (non-hydrogen) atoms. The summed E-state index contributed by atoms with van der Waals surface area (Å²) in [5.74, 6) is 2.24. The number of aromatic nitrogens is 3. The first-order chi connectivity index (χ1) is 23.5. The first-order valence-corrected chi connectivity index (χ1v) is 17.9. The second-order valence-corrected chi connectivity index (χ2v) is 14.1. The van der Waals surface area contributed by atoms with Gasteiger partial charge in [0.2, 0.25) is 5.95 Å². The van der Waals surface area contributed by atoms with Gasteiger partial charge in [-0.1, -0.05) is 26.8 Å². The number of rotatable bonds is 14. The Balaban J connectivity index is 0.000000698. The predicted octanol–water partition coefficient (Wildman–Crippen LogP) is 6.32. The Morgan fingerprint density at radius 3 is 2.45 bits per heavy atom. The van der Waals surface area contributed by atoms with E-state index in [1.807, 2.05) is 12.3 Å². The number of methoxy groups -OCH3 is 1. The van der Waals surface area contributed by atoms with Crippen molar-refractivity contribution in [1.82, 2.24) is 25.2 Å². The van der Waals surface area contributed by atoms with Crippen molar-refractivity contribution in [2.45, 2.75) is 71.9 Å². The molecule has 11 nitrogen and oxygen atoms in total. The van der Waals surface area contributed by atoms with Gasteiger partial charge in [-0.25, -0.2) is 9.97 Å². The standard InChI is InChI=1S/C32H45N7O3.C6H15N/c1-7-38(16-18-40-6)24-13-11-23(12-14-24)35-30-34-19-25-29(37-30)39(21-32(25,5)22-42-31(2,3)4)28-10-8-9-26(36-28)27-20-41-17-15-33-27;1-4-6-7(3)5-2/h8-14,19,27,33H,7,15-18,20-22H2,1-6H3,(H,34,35,37);4-6H2,1-3H3. The molecule has 0 radical (unpaired) electrons. The van der Waals surface area contributed by atoms with Gasteiger partial charge in [-0.3, -0.25) is 0 Å². The van der Waals surface area contributed by atoms with E-state index in [4.69, 9.17) is 29.2 Å². The summed E-state index contributed by atoms with van der Waals surface area (Å²) in [5, 5.41) is 6.92. The second-order valence-electron chi connectivity index (χ2n) is 14.1. The number of morpholine rings is 1. The van der Waals surface area contributed by atoms with Crippen LogP contribution in [0.3, 0.4) is 0 Å². The van der Waals surface area contributed by atoms with Crippen molar-refractivity contribution in [2.24, 2.45) is 0 Å². The van der Waals surface area contributed by atoms with E-state index in [-0.39, 0.29) is 17.1 Å². The lowest BCUT2D eigenvalue weighted by Gasteiger charge is -2.30. The zero-order chi connectivity index (χ0) is 35.4. The number of likely N-dealkylation sites (N-methyl/N-ethyl adjacent to an activating group) is 1. The highest BCUT2D eigenvalue weighted by atomic mass is 16.5. The van der Waals surface area contributed by atoms with Crippen molar-refractivity contribution in [3.8, 4) is 0 Å². The van der Waals surface area contributed by atoms with Gasteiger partial charge < -0.3 is 39.5 Å². The van der Waals surface area contributed by atoms with Crippen LogP contribution in [0.5, 0.6) is 0 Å². The number of ether oxygens (including phenoxy) is 3. The van der Waals surface area contributed by atoms with E-state index >= 15 is 0 Å². The predicted molar refractivity (Wildman–Crippen MR) is 201 cm³/mol. The largest absolute Gasteiger partial charge is 0.383 e. The number of nitrogens with one attached hydrogen (secondary N) is 2. The number of fused-ring (bicyclic) bond motifs is 1. The molecule has 2 aliphatic heterocycles. The van der Waals surface area contributed by atoms with E-state index in [9.17, 15) is 0 Å². The van der Waals surface area contributed by atoms with Crippen LogP contribution in [0.15, 0.2) is 48.7 Å². The third-order valence-electron chi connectivity index (χ3n) is 8.90. The first-order valence-electron chi connectivity index (χ1n) is 17.9. The third-order valence-corrected chi connectivity index (χ3v) is 8.90. The molecule has 4 heterocycles. The molecule has 1 fully saturated rings. The van der Waals surface area contributed by atoms with Gasteiger partial charge >= 0.3 is 0 Å². The van der Waals surface area contributed by atoms with Gasteiger partial charge in [0.1, 0.15) is 11.6 Å². The number of nitrogens with zero attached hydrogens (tertiary/aromatic N) is 6. The highest BCUT2D eigenvalue weighted by molar-refractivity contribution is 5.69.